The summed E-state index contributed by atoms with van der Waals surface area (Å²) in [5.74, 6) is -0.0796. The van der Waals surface area contributed by atoms with Crippen molar-refractivity contribution in [1.29, 1.82) is 0 Å². The number of amides is 1. The van der Waals surface area contributed by atoms with E-state index in [4.69, 9.17) is 0 Å². The van der Waals surface area contributed by atoms with E-state index >= 15 is 0 Å². The van der Waals surface area contributed by atoms with Gasteiger partial charge in [0.15, 0.2) is 5.78 Å². The molecule has 0 saturated heterocycles. The van der Waals surface area contributed by atoms with Crippen molar-refractivity contribution in [2.75, 3.05) is 17.2 Å². The average molecular weight is 296 g/mol. The van der Waals surface area contributed by atoms with E-state index in [9.17, 15) is 9.59 Å². The fraction of sp³-hybridized carbons (Fsp3) is 0.222. The summed E-state index contributed by atoms with van der Waals surface area (Å²) in [4.78, 5) is 23.1. The van der Waals surface area contributed by atoms with Gasteiger partial charge in [-0.05, 0) is 55.3 Å². The van der Waals surface area contributed by atoms with Gasteiger partial charge in [0.25, 0.3) is 0 Å². The van der Waals surface area contributed by atoms with Crippen LogP contribution in [0.25, 0.3) is 0 Å². The number of rotatable bonds is 6. The van der Waals surface area contributed by atoms with Crippen molar-refractivity contribution in [3.63, 3.8) is 0 Å². The second-order valence-corrected chi connectivity index (χ2v) is 5.09. The molecular weight excluding hydrogens is 276 g/mol. The average Bonchev–Trinajstić information content (AvgIpc) is 2.53. The summed E-state index contributed by atoms with van der Waals surface area (Å²) >= 11 is 0. The fourth-order valence-corrected chi connectivity index (χ4v) is 2.08. The van der Waals surface area contributed by atoms with Gasteiger partial charge < -0.3 is 10.6 Å². The number of Topliss-reactive ketones (excluding diaryl/α,β-unsaturated/α-hetero) is 1. The van der Waals surface area contributed by atoms with Crippen LogP contribution in [0, 0.1) is 0 Å². The van der Waals surface area contributed by atoms with Crippen LogP contribution in [0.4, 0.5) is 11.4 Å². The molecule has 22 heavy (non-hydrogen) atoms. The van der Waals surface area contributed by atoms with Gasteiger partial charge in [-0.15, -0.1) is 0 Å². The minimum absolute atomic E-state index is 0.0279. The zero-order valence-corrected chi connectivity index (χ0v) is 12.8. The highest BCUT2D eigenvalue weighted by atomic mass is 16.2. The third kappa shape index (κ3) is 4.45. The third-order valence-corrected chi connectivity index (χ3v) is 3.36. The lowest BCUT2D eigenvalue weighted by atomic mass is 10.1. The predicted molar refractivity (Wildman–Crippen MR) is 89.4 cm³/mol. The summed E-state index contributed by atoms with van der Waals surface area (Å²) in [7, 11) is 0. The van der Waals surface area contributed by atoms with Crippen molar-refractivity contribution in [2.45, 2.75) is 20.3 Å². The number of nitrogens with one attached hydrogen (secondary N) is 2. The molecule has 4 heteroatoms. The van der Waals surface area contributed by atoms with Crippen LogP contribution < -0.4 is 10.6 Å². The molecule has 2 N–H and O–H groups in total. The maximum absolute atomic E-state index is 11.9. The van der Waals surface area contributed by atoms with Crippen molar-refractivity contribution in [1.82, 2.24) is 0 Å². The second-order valence-electron chi connectivity index (χ2n) is 5.09. The smallest absolute Gasteiger partial charge is 0.243 e. The summed E-state index contributed by atoms with van der Waals surface area (Å²) in [6.07, 6.45) is 0.935. The van der Waals surface area contributed by atoms with Gasteiger partial charge in [-0.25, -0.2) is 0 Å². The molecule has 114 valence electrons. The summed E-state index contributed by atoms with van der Waals surface area (Å²) in [6, 6.07) is 14.9. The van der Waals surface area contributed by atoms with E-state index in [1.165, 1.54) is 12.5 Å². The Bertz CT molecular complexity index is 663. The van der Waals surface area contributed by atoms with E-state index in [1.807, 2.05) is 24.3 Å². The van der Waals surface area contributed by atoms with Crippen LogP contribution in [0.15, 0.2) is 48.5 Å². The first-order valence-corrected chi connectivity index (χ1v) is 7.32. The van der Waals surface area contributed by atoms with Gasteiger partial charge >= 0.3 is 0 Å². The van der Waals surface area contributed by atoms with E-state index in [1.54, 1.807) is 24.3 Å². The minimum atomic E-state index is -0.108. The number of aryl methyl sites for hydroxylation is 1. The lowest BCUT2D eigenvalue weighted by Gasteiger charge is -2.09. The highest BCUT2D eigenvalue weighted by Crippen LogP contribution is 2.12. The Morgan fingerprint density at radius 1 is 1.00 bits per heavy atom. The lowest BCUT2D eigenvalue weighted by molar-refractivity contribution is -0.114. The Labute approximate surface area is 130 Å². The molecule has 0 bridgehead atoms. The zero-order chi connectivity index (χ0) is 15.9. The van der Waals surface area contributed by atoms with Crippen molar-refractivity contribution >= 4 is 23.1 Å². The van der Waals surface area contributed by atoms with Gasteiger partial charge in [0.1, 0.15) is 0 Å². The van der Waals surface area contributed by atoms with E-state index in [-0.39, 0.29) is 18.2 Å². The molecule has 1 amide bonds. The quantitative estimate of drug-likeness (QED) is 0.802. The second kappa shape index (κ2) is 7.41. The van der Waals surface area contributed by atoms with Gasteiger partial charge in [0, 0.05) is 16.9 Å². The van der Waals surface area contributed by atoms with Gasteiger partial charge in [0.2, 0.25) is 5.91 Å². The summed E-state index contributed by atoms with van der Waals surface area (Å²) in [5, 5.41) is 5.90. The molecular formula is C18H20N2O2. The normalized spacial score (nSPS) is 10.1. The van der Waals surface area contributed by atoms with Gasteiger partial charge in [-0.3, -0.25) is 9.59 Å². The van der Waals surface area contributed by atoms with E-state index < -0.39 is 0 Å². The summed E-state index contributed by atoms with van der Waals surface area (Å²) in [5.41, 5.74) is 3.46. The molecule has 2 rings (SSSR count). The molecule has 2 aromatic rings. The number of carbonyl (C=O) groups excluding carboxylic acids is 2. The first-order valence-electron chi connectivity index (χ1n) is 7.32. The van der Waals surface area contributed by atoms with E-state index in [2.05, 4.69) is 17.6 Å². The van der Waals surface area contributed by atoms with Crippen LogP contribution in [0.5, 0.6) is 0 Å². The van der Waals surface area contributed by atoms with Gasteiger partial charge in [-0.1, -0.05) is 19.1 Å². The largest absolute Gasteiger partial charge is 0.376 e. The summed E-state index contributed by atoms with van der Waals surface area (Å²) < 4.78 is 0. The molecule has 0 unspecified atom stereocenters. The summed E-state index contributed by atoms with van der Waals surface area (Å²) in [6.45, 7) is 3.78. The lowest BCUT2D eigenvalue weighted by Crippen LogP contribution is -2.21. The van der Waals surface area contributed by atoms with E-state index in [0.717, 1.165) is 17.8 Å². The SMILES string of the molecule is CCc1cccc(NC(=O)CNc2ccc(C(C)=O)cc2)c1. The predicted octanol–water partition coefficient (Wildman–Crippen LogP) is 3.50. The molecule has 0 radical (unpaired) electrons. The molecule has 0 saturated carbocycles. The van der Waals surface area contributed by atoms with Crippen molar-refractivity contribution in [3.05, 3.63) is 59.7 Å². The van der Waals surface area contributed by atoms with Gasteiger partial charge in [-0.2, -0.15) is 0 Å². The Kier molecular flexibility index (Phi) is 5.31. The molecule has 0 atom stereocenters. The minimum Gasteiger partial charge on any atom is -0.376 e. The first-order chi connectivity index (χ1) is 10.6. The van der Waals surface area contributed by atoms with Crippen LogP contribution in [0.2, 0.25) is 0 Å². The molecule has 0 aromatic heterocycles. The van der Waals surface area contributed by atoms with Crippen LogP contribution >= 0.6 is 0 Å². The van der Waals surface area contributed by atoms with Crippen molar-refractivity contribution in [3.8, 4) is 0 Å². The monoisotopic (exact) mass is 296 g/mol. The number of carbonyl (C=O) groups is 2. The van der Waals surface area contributed by atoms with Gasteiger partial charge in [0.05, 0.1) is 6.54 Å². The van der Waals surface area contributed by atoms with Crippen molar-refractivity contribution in [2.24, 2.45) is 0 Å². The highest BCUT2D eigenvalue weighted by Gasteiger charge is 2.04. The van der Waals surface area contributed by atoms with Crippen molar-refractivity contribution < 1.29 is 9.59 Å². The fourth-order valence-electron chi connectivity index (χ4n) is 2.08. The molecule has 4 nitrogen and oxygen atoms in total. The highest BCUT2D eigenvalue weighted by molar-refractivity contribution is 5.95. The molecule has 0 aliphatic carbocycles. The molecule has 0 aliphatic rings. The van der Waals surface area contributed by atoms with E-state index in [0.29, 0.717) is 5.56 Å². The van der Waals surface area contributed by atoms with Crippen LogP contribution in [0.1, 0.15) is 29.8 Å². The molecule has 0 aliphatic heterocycles. The zero-order valence-electron chi connectivity index (χ0n) is 12.8. The Hall–Kier alpha value is -2.62. The Morgan fingerprint density at radius 3 is 2.36 bits per heavy atom. The van der Waals surface area contributed by atoms with Crippen LogP contribution in [0.3, 0.4) is 0 Å². The Balaban J connectivity index is 1.88. The number of anilines is 2. The van der Waals surface area contributed by atoms with Crippen LogP contribution in [-0.2, 0) is 11.2 Å². The number of hydrogen-bond acceptors (Lipinski definition) is 3. The maximum atomic E-state index is 11.9. The Morgan fingerprint density at radius 2 is 1.73 bits per heavy atom. The molecule has 0 fully saturated rings. The molecule has 2 aromatic carbocycles. The van der Waals surface area contributed by atoms with Crippen LogP contribution in [-0.4, -0.2) is 18.2 Å². The molecule has 0 spiro atoms. The maximum Gasteiger partial charge on any atom is 0.243 e. The standard InChI is InChI=1S/C18H20N2O2/c1-3-14-5-4-6-17(11-14)20-18(22)12-19-16-9-7-15(8-10-16)13(2)21/h4-11,19H,3,12H2,1-2H3,(H,20,22). The number of hydrogen-bond donors (Lipinski definition) is 2. The number of benzene rings is 2. The topological polar surface area (TPSA) is 58.2 Å². The third-order valence-electron chi connectivity index (χ3n) is 3.36. The molecule has 0 heterocycles. The first kappa shape index (κ1) is 15.8. The number of ketones is 1.